The molecule has 1 saturated heterocycles. The molecule has 0 bridgehead atoms. The van der Waals surface area contributed by atoms with Crippen LogP contribution in [0.5, 0.6) is 0 Å². The second-order valence-corrected chi connectivity index (χ2v) is 7.15. The maximum Gasteiger partial charge on any atom is 0.0116 e. The molecule has 2 unspecified atom stereocenters. The summed E-state index contributed by atoms with van der Waals surface area (Å²) < 4.78 is 0.459. The van der Waals surface area contributed by atoms with Crippen molar-refractivity contribution < 1.29 is 0 Å². The van der Waals surface area contributed by atoms with Gasteiger partial charge in [0, 0.05) is 23.1 Å². The molecule has 2 N–H and O–H groups in total. The van der Waals surface area contributed by atoms with Crippen LogP contribution in [0.4, 0.5) is 0 Å². The largest absolute Gasteiger partial charge is 0.330 e. The smallest absolute Gasteiger partial charge is 0.0116 e. The molecule has 1 heterocycles. The van der Waals surface area contributed by atoms with Crippen molar-refractivity contribution >= 4 is 11.8 Å². The van der Waals surface area contributed by atoms with E-state index in [0.29, 0.717) is 16.7 Å². The van der Waals surface area contributed by atoms with Crippen LogP contribution in [0, 0.1) is 5.92 Å². The van der Waals surface area contributed by atoms with E-state index in [1.807, 2.05) is 0 Å². The minimum Gasteiger partial charge on any atom is -0.330 e. The Morgan fingerprint density at radius 2 is 2.00 bits per heavy atom. The zero-order valence-corrected chi connectivity index (χ0v) is 11.4. The molecule has 1 aliphatic rings. The maximum atomic E-state index is 5.74. The Morgan fingerprint density at radius 3 is 2.60 bits per heavy atom. The van der Waals surface area contributed by atoms with Crippen molar-refractivity contribution in [2.75, 3.05) is 25.4 Å². The van der Waals surface area contributed by atoms with Crippen LogP contribution in [-0.2, 0) is 0 Å². The third-order valence-electron chi connectivity index (χ3n) is 3.64. The van der Waals surface area contributed by atoms with E-state index in [1.165, 1.54) is 25.3 Å². The normalized spacial score (nSPS) is 27.0. The number of rotatable bonds is 3. The lowest BCUT2D eigenvalue weighted by Crippen LogP contribution is -2.41. The van der Waals surface area contributed by atoms with Crippen LogP contribution in [-0.4, -0.2) is 41.1 Å². The Bertz CT molecular complexity index is 194. The minimum atomic E-state index is 0.459. The first-order chi connectivity index (χ1) is 6.96. The Balaban J connectivity index is 2.50. The zero-order valence-electron chi connectivity index (χ0n) is 10.6. The van der Waals surface area contributed by atoms with Crippen LogP contribution in [0.1, 0.15) is 34.1 Å². The first-order valence-corrected chi connectivity index (χ1v) is 7.03. The molecule has 0 aromatic carbocycles. The quantitative estimate of drug-likeness (QED) is 0.806. The average Bonchev–Trinajstić information content (AvgIpc) is 2.37. The van der Waals surface area contributed by atoms with Crippen molar-refractivity contribution in [1.82, 2.24) is 4.90 Å². The second-order valence-electron chi connectivity index (χ2n) is 5.35. The molecule has 0 radical (unpaired) electrons. The molecule has 90 valence electrons. The van der Waals surface area contributed by atoms with E-state index in [-0.39, 0.29) is 0 Å². The first-order valence-electron chi connectivity index (χ1n) is 6.04. The topological polar surface area (TPSA) is 29.3 Å². The molecule has 0 amide bonds. The van der Waals surface area contributed by atoms with Gasteiger partial charge in [-0.05, 0) is 32.4 Å². The lowest BCUT2D eigenvalue weighted by atomic mass is 10.0. The van der Waals surface area contributed by atoms with Gasteiger partial charge < -0.3 is 5.73 Å². The molecule has 2 nitrogen and oxygen atoms in total. The second kappa shape index (κ2) is 5.55. The van der Waals surface area contributed by atoms with Crippen molar-refractivity contribution in [3.8, 4) is 0 Å². The molecule has 1 fully saturated rings. The summed E-state index contributed by atoms with van der Waals surface area (Å²) in [6.45, 7) is 12.5. The molecular formula is C12H26N2S. The fourth-order valence-corrected chi connectivity index (χ4v) is 3.11. The van der Waals surface area contributed by atoms with Gasteiger partial charge in [0.2, 0.25) is 0 Å². The number of thioether (sulfide) groups is 1. The highest BCUT2D eigenvalue weighted by atomic mass is 32.2. The summed E-state index contributed by atoms with van der Waals surface area (Å²) in [7, 11) is 0. The summed E-state index contributed by atoms with van der Waals surface area (Å²) in [6.07, 6.45) is 1.29. The van der Waals surface area contributed by atoms with E-state index in [2.05, 4.69) is 44.4 Å². The lowest BCUT2D eigenvalue weighted by Gasteiger charge is -2.31. The maximum absolute atomic E-state index is 5.74. The van der Waals surface area contributed by atoms with Crippen molar-refractivity contribution in [3.63, 3.8) is 0 Å². The van der Waals surface area contributed by atoms with E-state index in [0.717, 1.165) is 6.54 Å². The van der Waals surface area contributed by atoms with E-state index < -0.39 is 0 Å². The number of nitrogens with two attached hydrogens (primary N) is 1. The molecule has 15 heavy (non-hydrogen) atoms. The van der Waals surface area contributed by atoms with Crippen molar-refractivity contribution in [2.45, 2.75) is 44.9 Å². The van der Waals surface area contributed by atoms with Crippen molar-refractivity contribution in [2.24, 2.45) is 11.7 Å². The Kier molecular flexibility index (Phi) is 4.94. The first kappa shape index (κ1) is 13.3. The van der Waals surface area contributed by atoms with Gasteiger partial charge in [-0.15, -0.1) is 0 Å². The third-order valence-corrected chi connectivity index (χ3v) is 5.02. The van der Waals surface area contributed by atoms with Crippen LogP contribution < -0.4 is 5.73 Å². The van der Waals surface area contributed by atoms with E-state index in [4.69, 9.17) is 5.73 Å². The van der Waals surface area contributed by atoms with Crippen LogP contribution in [0.15, 0.2) is 0 Å². The van der Waals surface area contributed by atoms with Gasteiger partial charge in [-0.2, -0.15) is 11.8 Å². The molecule has 0 aliphatic carbocycles. The number of hydrogen-bond donors (Lipinski definition) is 1. The highest BCUT2D eigenvalue weighted by molar-refractivity contribution is 8.00. The number of hydrogen-bond acceptors (Lipinski definition) is 3. The van der Waals surface area contributed by atoms with Crippen LogP contribution in [0.2, 0.25) is 0 Å². The van der Waals surface area contributed by atoms with Crippen LogP contribution in [0.3, 0.4) is 0 Å². The van der Waals surface area contributed by atoms with Gasteiger partial charge in [0.1, 0.15) is 0 Å². The van der Waals surface area contributed by atoms with Gasteiger partial charge in [0.15, 0.2) is 0 Å². The number of nitrogens with zero attached hydrogens (tertiary/aromatic N) is 1. The molecular weight excluding hydrogens is 204 g/mol. The molecule has 3 heteroatoms. The predicted octanol–water partition coefficient (Wildman–Crippen LogP) is 2.19. The van der Waals surface area contributed by atoms with Crippen LogP contribution >= 0.6 is 11.8 Å². The summed E-state index contributed by atoms with van der Waals surface area (Å²) in [5, 5.41) is 0. The average molecular weight is 230 g/mol. The summed E-state index contributed by atoms with van der Waals surface area (Å²) in [4.78, 5) is 2.61. The minimum absolute atomic E-state index is 0.459. The molecule has 2 atom stereocenters. The van der Waals surface area contributed by atoms with Gasteiger partial charge in [0.25, 0.3) is 0 Å². The van der Waals surface area contributed by atoms with E-state index >= 15 is 0 Å². The third kappa shape index (κ3) is 3.97. The highest BCUT2D eigenvalue weighted by Gasteiger charge is 2.27. The van der Waals surface area contributed by atoms with Gasteiger partial charge in [-0.3, -0.25) is 4.90 Å². The van der Waals surface area contributed by atoms with Gasteiger partial charge in [-0.1, -0.05) is 20.8 Å². The zero-order chi connectivity index (χ0) is 11.5. The highest BCUT2D eigenvalue weighted by Crippen LogP contribution is 2.31. The fraction of sp³-hybridized carbons (Fsp3) is 1.00. The molecule has 0 aromatic heterocycles. The molecule has 1 aliphatic heterocycles. The standard InChI is InChI=1S/C12H26N2S/c1-10(9-13)11(2)14-6-5-12(3,4)15-8-7-14/h10-11H,5-9,13H2,1-4H3. The Hall–Kier alpha value is 0.270. The monoisotopic (exact) mass is 230 g/mol. The van der Waals surface area contributed by atoms with Crippen LogP contribution in [0.25, 0.3) is 0 Å². The van der Waals surface area contributed by atoms with Gasteiger partial charge in [-0.25, -0.2) is 0 Å². The van der Waals surface area contributed by atoms with Gasteiger partial charge >= 0.3 is 0 Å². The molecule has 0 spiro atoms. The SMILES string of the molecule is CC(CN)C(C)N1CCSC(C)(C)CC1. The van der Waals surface area contributed by atoms with E-state index in [1.54, 1.807) is 0 Å². The summed E-state index contributed by atoms with van der Waals surface area (Å²) >= 11 is 2.11. The molecule has 1 rings (SSSR count). The van der Waals surface area contributed by atoms with Crippen molar-refractivity contribution in [1.29, 1.82) is 0 Å². The summed E-state index contributed by atoms with van der Waals surface area (Å²) in [5.74, 6) is 1.87. The van der Waals surface area contributed by atoms with E-state index in [9.17, 15) is 0 Å². The lowest BCUT2D eigenvalue weighted by molar-refractivity contribution is 0.171. The molecule has 0 aromatic rings. The summed E-state index contributed by atoms with van der Waals surface area (Å²) in [5.41, 5.74) is 5.74. The molecule has 0 saturated carbocycles. The fourth-order valence-electron chi connectivity index (χ4n) is 2.00. The Labute approximate surface area is 99.0 Å². The Morgan fingerprint density at radius 1 is 1.33 bits per heavy atom. The van der Waals surface area contributed by atoms with Gasteiger partial charge in [0.05, 0.1) is 0 Å². The summed E-state index contributed by atoms with van der Waals surface area (Å²) in [6, 6.07) is 0.629. The predicted molar refractivity (Wildman–Crippen MR) is 70.4 cm³/mol. The van der Waals surface area contributed by atoms with Crippen molar-refractivity contribution in [3.05, 3.63) is 0 Å².